The van der Waals surface area contributed by atoms with E-state index in [0.29, 0.717) is 16.4 Å². The summed E-state index contributed by atoms with van der Waals surface area (Å²) in [4.78, 5) is 32.3. The van der Waals surface area contributed by atoms with Crippen LogP contribution in [0.15, 0.2) is 48.1 Å². The van der Waals surface area contributed by atoms with E-state index in [4.69, 9.17) is 16.3 Å². The molecule has 0 aliphatic heterocycles. The van der Waals surface area contributed by atoms with E-state index >= 15 is 0 Å². The van der Waals surface area contributed by atoms with E-state index in [1.165, 1.54) is 11.3 Å². The second kappa shape index (κ2) is 8.75. The van der Waals surface area contributed by atoms with Gasteiger partial charge in [0.2, 0.25) is 0 Å². The second-order valence-corrected chi connectivity index (χ2v) is 7.00. The number of carbonyl (C=O) groups is 2. The average Bonchev–Trinajstić information content (AvgIpc) is 3.12. The van der Waals surface area contributed by atoms with Crippen molar-refractivity contribution in [1.29, 1.82) is 0 Å². The molecule has 2 heterocycles. The van der Waals surface area contributed by atoms with Crippen molar-refractivity contribution in [3.63, 3.8) is 0 Å². The van der Waals surface area contributed by atoms with Gasteiger partial charge in [-0.3, -0.25) is 14.6 Å². The van der Waals surface area contributed by atoms with Gasteiger partial charge in [-0.2, -0.15) is 0 Å². The molecule has 1 aromatic carbocycles. The summed E-state index contributed by atoms with van der Waals surface area (Å²) in [5, 5.41) is 5.75. The van der Waals surface area contributed by atoms with Gasteiger partial charge in [0, 0.05) is 34.0 Å². The first-order valence-corrected chi connectivity index (χ1v) is 9.33. The van der Waals surface area contributed by atoms with Gasteiger partial charge in [0.1, 0.15) is 5.01 Å². The van der Waals surface area contributed by atoms with Gasteiger partial charge in [-0.1, -0.05) is 17.7 Å². The fourth-order valence-corrected chi connectivity index (χ4v) is 3.21. The number of rotatable bonds is 6. The topological polar surface area (TPSA) is 81.2 Å². The molecule has 8 heteroatoms. The Bertz CT molecular complexity index is 960. The predicted octanol–water partition coefficient (Wildman–Crippen LogP) is 3.89. The zero-order chi connectivity index (χ0) is 19.2. The van der Waals surface area contributed by atoms with Gasteiger partial charge in [0.25, 0.3) is 5.91 Å². The van der Waals surface area contributed by atoms with Crippen LogP contribution >= 0.6 is 22.9 Å². The van der Waals surface area contributed by atoms with Crippen molar-refractivity contribution < 1.29 is 14.3 Å². The normalized spacial score (nSPS) is 10.4. The van der Waals surface area contributed by atoms with Crippen LogP contribution < -0.4 is 5.32 Å². The Balaban J connectivity index is 1.49. The molecule has 0 fully saturated rings. The smallest absolute Gasteiger partial charge is 0.312 e. The van der Waals surface area contributed by atoms with Crippen LogP contribution in [0.2, 0.25) is 5.02 Å². The number of anilines is 1. The summed E-state index contributed by atoms with van der Waals surface area (Å²) < 4.78 is 5.02. The first-order chi connectivity index (χ1) is 13.0. The molecule has 1 N–H and O–H groups in total. The number of esters is 1. The molecule has 138 valence electrons. The number of ether oxygens (including phenoxy) is 1. The van der Waals surface area contributed by atoms with Crippen LogP contribution in [0.1, 0.15) is 11.3 Å². The summed E-state index contributed by atoms with van der Waals surface area (Å²) in [5.41, 5.74) is 2.94. The molecule has 6 nitrogen and oxygen atoms in total. The highest BCUT2D eigenvalue weighted by Crippen LogP contribution is 2.23. The quantitative estimate of drug-likeness (QED) is 0.633. The third kappa shape index (κ3) is 5.35. The van der Waals surface area contributed by atoms with Crippen LogP contribution in [0.4, 0.5) is 5.69 Å². The molecular formula is C19H16ClN3O3S. The number of hydrogen-bond donors (Lipinski definition) is 1. The maximum atomic E-state index is 11.9. The Hall–Kier alpha value is -2.77. The summed E-state index contributed by atoms with van der Waals surface area (Å²) in [6, 6.07) is 8.90. The van der Waals surface area contributed by atoms with Crippen molar-refractivity contribution in [2.45, 2.75) is 13.3 Å². The molecule has 3 aromatic rings. The summed E-state index contributed by atoms with van der Waals surface area (Å²) >= 11 is 7.44. The predicted molar refractivity (Wildman–Crippen MR) is 105 cm³/mol. The van der Waals surface area contributed by atoms with Crippen molar-refractivity contribution in [3.05, 3.63) is 64.4 Å². The Morgan fingerprint density at radius 1 is 1.30 bits per heavy atom. The number of hydrogen-bond acceptors (Lipinski definition) is 6. The highest BCUT2D eigenvalue weighted by molar-refractivity contribution is 7.13. The van der Waals surface area contributed by atoms with Crippen molar-refractivity contribution in [2.24, 2.45) is 0 Å². The second-order valence-electron chi connectivity index (χ2n) is 5.74. The van der Waals surface area contributed by atoms with E-state index in [1.54, 1.807) is 36.0 Å². The summed E-state index contributed by atoms with van der Waals surface area (Å²) in [6.07, 6.45) is 3.40. The molecule has 0 saturated heterocycles. The number of thiazole rings is 1. The van der Waals surface area contributed by atoms with Gasteiger partial charge in [-0.15, -0.1) is 11.3 Å². The molecule has 0 saturated carbocycles. The van der Waals surface area contributed by atoms with Gasteiger partial charge in [0.05, 0.1) is 12.1 Å². The molecule has 2 aromatic heterocycles. The number of benzene rings is 1. The Morgan fingerprint density at radius 2 is 2.15 bits per heavy atom. The molecule has 0 aliphatic rings. The number of aromatic nitrogens is 2. The van der Waals surface area contributed by atoms with Crippen LogP contribution in [0.25, 0.3) is 10.6 Å². The third-order valence-corrected chi connectivity index (χ3v) is 4.95. The van der Waals surface area contributed by atoms with Gasteiger partial charge in [-0.05, 0) is 36.8 Å². The molecule has 0 bridgehead atoms. The Morgan fingerprint density at radius 3 is 2.89 bits per heavy atom. The van der Waals surface area contributed by atoms with Gasteiger partial charge >= 0.3 is 5.97 Å². The maximum absolute atomic E-state index is 11.9. The highest BCUT2D eigenvalue weighted by Gasteiger charge is 2.12. The standard InChI is InChI=1S/C19H16ClN3O3S/c1-12-4-5-14(7-16(12)20)22-17(24)10-26-18(25)8-15-11-27-19(23-15)13-3-2-6-21-9-13/h2-7,9,11H,8,10H2,1H3,(H,22,24). The minimum atomic E-state index is -0.518. The van der Waals surface area contributed by atoms with Crippen molar-refractivity contribution in [3.8, 4) is 10.6 Å². The Kier molecular flexibility index (Phi) is 6.16. The number of carbonyl (C=O) groups excluding carboxylic acids is 2. The Labute approximate surface area is 165 Å². The van der Waals surface area contributed by atoms with Gasteiger partial charge in [-0.25, -0.2) is 4.98 Å². The van der Waals surface area contributed by atoms with E-state index in [2.05, 4.69) is 15.3 Å². The molecule has 0 aliphatic carbocycles. The fourth-order valence-electron chi connectivity index (χ4n) is 2.22. The first kappa shape index (κ1) is 19.0. The maximum Gasteiger partial charge on any atom is 0.312 e. The van der Waals surface area contributed by atoms with E-state index in [-0.39, 0.29) is 13.0 Å². The van der Waals surface area contributed by atoms with Gasteiger partial charge in [0.15, 0.2) is 6.61 Å². The lowest BCUT2D eigenvalue weighted by atomic mass is 10.2. The minimum Gasteiger partial charge on any atom is -0.455 e. The SMILES string of the molecule is Cc1ccc(NC(=O)COC(=O)Cc2csc(-c3cccnc3)n2)cc1Cl. The monoisotopic (exact) mass is 401 g/mol. The third-order valence-electron chi connectivity index (χ3n) is 3.61. The van der Waals surface area contributed by atoms with E-state index in [9.17, 15) is 9.59 Å². The molecule has 3 rings (SSSR count). The molecular weight excluding hydrogens is 386 g/mol. The zero-order valence-electron chi connectivity index (χ0n) is 14.4. The molecule has 27 heavy (non-hydrogen) atoms. The summed E-state index contributed by atoms with van der Waals surface area (Å²) in [7, 11) is 0. The average molecular weight is 402 g/mol. The van der Waals surface area contributed by atoms with E-state index in [0.717, 1.165) is 16.1 Å². The van der Waals surface area contributed by atoms with Crippen LogP contribution in [-0.2, 0) is 20.7 Å². The van der Waals surface area contributed by atoms with Crippen LogP contribution in [0.5, 0.6) is 0 Å². The van der Waals surface area contributed by atoms with Crippen molar-refractivity contribution in [2.75, 3.05) is 11.9 Å². The van der Waals surface area contributed by atoms with Crippen LogP contribution in [-0.4, -0.2) is 28.5 Å². The fraction of sp³-hybridized carbons (Fsp3) is 0.158. The van der Waals surface area contributed by atoms with Gasteiger partial charge < -0.3 is 10.1 Å². The molecule has 0 spiro atoms. The molecule has 0 radical (unpaired) electrons. The highest BCUT2D eigenvalue weighted by atomic mass is 35.5. The minimum absolute atomic E-state index is 0.000399. The number of nitrogens with zero attached hydrogens (tertiary/aromatic N) is 2. The lowest BCUT2D eigenvalue weighted by Crippen LogP contribution is -2.21. The number of aryl methyl sites for hydroxylation is 1. The first-order valence-electron chi connectivity index (χ1n) is 8.07. The van der Waals surface area contributed by atoms with Crippen molar-refractivity contribution >= 4 is 40.5 Å². The number of halogens is 1. The summed E-state index contributed by atoms with van der Waals surface area (Å²) in [5.74, 6) is -0.951. The summed E-state index contributed by atoms with van der Waals surface area (Å²) in [6.45, 7) is 1.50. The molecule has 0 unspecified atom stereocenters. The molecule has 1 amide bonds. The van der Waals surface area contributed by atoms with Crippen LogP contribution in [0.3, 0.4) is 0 Å². The largest absolute Gasteiger partial charge is 0.455 e. The number of amides is 1. The number of pyridine rings is 1. The van der Waals surface area contributed by atoms with Crippen molar-refractivity contribution in [1.82, 2.24) is 9.97 Å². The lowest BCUT2D eigenvalue weighted by molar-refractivity contribution is -0.146. The lowest BCUT2D eigenvalue weighted by Gasteiger charge is -2.07. The van der Waals surface area contributed by atoms with Crippen LogP contribution in [0, 0.1) is 6.92 Å². The van der Waals surface area contributed by atoms with E-state index in [1.807, 2.05) is 19.1 Å². The molecule has 0 atom stereocenters. The van der Waals surface area contributed by atoms with E-state index < -0.39 is 11.9 Å². The zero-order valence-corrected chi connectivity index (χ0v) is 16.0. The number of nitrogens with one attached hydrogen (secondary N) is 1.